The van der Waals surface area contributed by atoms with Gasteiger partial charge in [-0.25, -0.2) is 4.98 Å². The Balaban J connectivity index is 0.00000108. The highest BCUT2D eigenvalue weighted by Crippen LogP contribution is 2.20. The molecule has 3 rings (SSSR count). The van der Waals surface area contributed by atoms with Crippen LogP contribution >= 0.6 is 13.5 Å². The highest BCUT2D eigenvalue weighted by molar-refractivity contribution is 7.59. The second-order valence-electron chi connectivity index (χ2n) is 3.76. The fourth-order valence-electron chi connectivity index (χ4n) is 1.84. The van der Waals surface area contributed by atoms with Gasteiger partial charge < -0.3 is 0 Å². The van der Waals surface area contributed by atoms with Crippen LogP contribution in [-0.4, -0.2) is 4.98 Å². The molecule has 1 heterocycles. The molecule has 0 N–H and O–H groups in total. The van der Waals surface area contributed by atoms with Crippen LogP contribution in [0.5, 0.6) is 0 Å². The average Bonchev–Trinajstić information content (AvgIpc) is 2.39. The predicted molar refractivity (Wildman–Crippen MR) is 77.6 cm³/mol. The largest absolute Gasteiger partial charge is 0.248 e. The first-order valence-corrected chi connectivity index (χ1v) is 5.35. The van der Waals surface area contributed by atoms with E-state index in [0.717, 1.165) is 16.8 Å². The lowest BCUT2D eigenvalue weighted by Crippen LogP contribution is -1.84. The number of pyridine rings is 1. The van der Waals surface area contributed by atoms with E-state index in [1.807, 2.05) is 36.4 Å². The summed E-state index contributed by atoms with van der Waals surface area (Å²) in [7, 11) is 0. The van der Waals surface area contributed by atoms with E-state index >= 15 is 0 Å². The predicted octanol–water partition coefficient (Wildman–Crippen LogP) is 4.01. The summed E-state index contributed by atoms with van der Waals surface area (Å²) in [6, 6.07) is 22.6. The van der Waals surface area contributed by atoms with Crippen molar-refractivity contribution in [3.63, 3.8) is 0 Å². The molecule has 0 amide bonds. The molecule has 1 nitrogen and oxygen atoms in total. The van der Waals surface area contributed by atoms with Crippen LogP contribution in [0.15, 0.2) is 66.7 Å². The van der Waals surface area contributed by atoms with Gasteiger partial charge in [0.15, 0.2) is 0 Å². The Labute approximate surface area is 108 Å². The van der Waals surface area contributed by atoms with Crippen molar-refractivity contribution in [1.29, 1.82) is 0 Å². The Kier molecular flexibility index (Phi) is 3.45. The number of fused-ring (bicyclic) bond motifs is 1. The van der Waals surface area contributed by atoms with Gasteiger partial charge in [0.1, 0.15) is 0 Å². The molecule has 0 atom stereocenters. The second kappa shape index (κ2) is 5.02. The molecule has 84 valence electrons. The monoisotopic (exact) mass is 239 g/mol. The van der Waals surface area contributed by atoms with Gasteiger partial charge in [-0.3, -0.25) is 0 Å². The van der Waals surface area contributed by atoms with Crippen molar-refractivity contribution in [3.8, 4) is 11.3 Å². The van der Waals surface area contributed by atoms with E-state index in [-0.39, 0.29) is 13.5 Å². The molecule has 0 radical (unpaired) electrons. The minimum Gasteiger partial charge on any atom is -0.248 e. The van der Waals surface area contributed by atoms with Crippen LogP contribution in [0.25, 0.3) is 22.2 Å². The van der Waals surface area contributed by atoms with E-state index in [9.17, 15) is 0 Å². The van der Waals surface area contributed by atoms with Crippen molar-refractivity contribution in [1.82, 2.24) is 4.98 Å². The van der Waals surface area contributed by atoms with Gasteiger partial charge in [-0.2, -0.15) is 13.5 Å². The number of aromatic nitrogens is 1. The molecule has 17 heavy (non-hydrogen) atoms. The van der Waals surface area contributed by atoms with E-state index in [1.54, 1.807) is 0 Å². The number of para-hydroxylation sites is 1. The van der Waals surface area contributed by atoms with Crippen molar-refractivity contribution >= 4 is 24.4 Å². The third-order valence-electron chi connectivity index (χ3n) is 2.67. The highest BCUT2D eigenvalue weighted by atomic mass is 32.1. The van der Waals surface area contributed by atoms with Crippen LogP contribution in [0.3, 0.4) is 0 Å². The molecule has 0 fully saturated rings. The quantitative estimate of drug-likeness (QED) is 0.625. The van der Waals surface area contributed by atoms with Gasteiger partial charge in [0.25, 0.3) is 0 Å². The zero-order chi connectivity index (χ0) is 10.8. The summed E-state index contributed by atoms with van der Waals surface area (Å²) < 4.78 is 0. The minimum absolute atomic E-state index is 0. The lowest BCUT2D eigenvalue weighted by Gasteiger charge is -2.02. The maximum absolute atomic E-state index is 4.65. The highest BCUT2D eigenvalue weighted by Gasteiger charge is 1.99. The van der Waals surface area contributed by atoms with E-state index in [4.69, 9.17) is 0 Å². The molecule has 0 bridgehead atoms. The van der Waals surface area contributed by atoms with Gasteiger partial charge in [-0.1, -0.05) is 54.6 Å². The first-order valence-electron chi connectivity index (χ1n) is 5.35. The van der Waals surface area contributed by atoms with E-state index < -0.39 is 0 Å². The van der Waals surface area contributed by atoms with Crippen molar-refractivity contribution in [2.75, 3.05) is 0 Å². The molecule has 3 aromatic rings. The molecule has 0 unspecified atom stereocenters. The van der Waals surface area contributed by atoms with Crippen LogP contribution in [0.1, 0.15) is 0 Å². The van der Waals surface area contributed by atoms with Crippen molar-refractivity contribution in [2.45, 2.75) is 0 Å². The molecular formula is C15H13NS. The first-order chi connectivity index (χ1) is 7.93. The summed E-state index contributed by atoms with van der Waals surface area (Å²) in [6.07, 6.45) is 0. The molecule has 2 aromatic carbocycles. The van der Waals surface area contributed by atoms with Gasteiger partial charge in [0.05, 0.1) is 11.2 Å². The van der Waals surface area contributed by atoms with Crippen LogP contribution in [0.4, 0.5) is 0 Å². The van der Waals surface area contributed by atoms with Gasteiger partial charge in [-0.15, -0.1) is 0 Å². The molecule has 0 aliphatic carbocycles. The number of hydrogen-bond acceptors (Lipinski definition) is 1. The third kappa shape index (κ3) is 2.32. The van der Waals surface area contributed by atoms with E-state index in [2.05, 4.69) is 35.3 Å². The Bertz CT molecular complexity index is 620. The molecular weight excluding hydrogens is 226 g/mol. The standard InChI is InChI=1S/C15H11N.H2S/c1-2-6-12(7-3-1)15-11-10-13-8-4-5-9-14(13)16-15;/h1-11H;1H2. The molecule has 0 saturated carbocycles. The van der Waals surface area contributed by atoms with Crippen molar-refractivity contribution in [3.05, 3.63) is 66.7 Å². The molecule has 0 spiro atoms. The zero-order valence-electron chi connectivity index (χ0n) is 9.30. The van der Waals surface area contributed by atoms with Gasteiger partial charge >= 0.3 is 0 Å². The van der Waals surface area contributed by atoms with Crippen molar-refractivity contribution < 1.29 is 0 Å². The summed E-state index contributed by atoms with van der Waals surface area (Å²) in [5.41, 5.74) is 3.23. The lowest BCUT2D eigenvalue weighted by molar-refractivity contribution is 1.40. The molecule has 1 aromatic heterocycles. The number of rotatable bonds is 1. The van der Waals surface area contributed by atoms with Crippen molar-refractivity contribution in [2.24, 2.45) is 0 Å². The van der Waals surface area contributed by atoms with E-state index in [0.29, 0.717) is 0 Å². The van der Waals surface area contributed by atoms with Gasteiger partial charge in [-0.05, 0) is 12.1 Å². The molecule has 0 aliphatic rings. The Morgan fingerprint density at radius 1 is 0.647 bits per heavy atom. The Morgan fingerprint density at radius 2 is 1.35 bits per heavy atom. The van der Waals surface area contributed by atoms with Crippen LogP contribution in [0, 0.1) is 0 Å². The smallest absolute Gasteiger partial charge is 0.0709 e. The fourth-order valence-corrected chi connectivity index (χ4v) is 1.84. The lowest BCUT2D eigenvalue weighted by atomic mass is 10.1. The molecule has 0 aliphatic heterocycles. The van der Waals surface area contributed by atoms with Crippen LogP contribution < -0.4 is 0 Å². The zero-order valence-corrected chi connectivity index (χ0v) is 10.3. The summed E-state index contributed by atoms with van der Waals surface area (Å²) in [6.45, 7) is 0. The summed E-state index contributed by atoms with van der Waals surface area (Å²) >= 11 is 0. The number of hydrogen-bond donors (Lipinski definition) is 0. The fraction of sp³-hybridized carbons (Fsp3) is 0. The number of nitrogens with zero attached hydrogens (tertiary/aromatic N) is 1. The van der Waals surface area contributed by atoms with Gasteiger partial charge in [0, 0.05) is 10.9 Å². The molecule has 2 heteroatoms. The Hall–Kier alpha value is -1.80. The second-order valence-corrected chi connectivity index (χ2v) is 3.76. The average molecular weight is 239 g/mol. The van der Waals surface area contributed by atoms with Gasteiger partial charge in [0.2, 0.25) is 0 Å². The number of benzene rings is 2. The SMILES string of the molecule is S.c1ccc(-c2ccc3ccccc3n2)cc1. The topological polar surface area (TPSA) is 12.9 Å². The maximum Gasteiger partial charge on any atom is 0.0709 e. The first kappa shape index (κ1) is 11.7. The minimum atomic E-state index is 0. The normalized spacial score (nSPS) is 9.88. The Morgan fingerprint density at radius 3 is 2.18 bits per heavy atom. The van der Waals surface area contributed by atoms with Crippen LogP contribution in [0.2, 0.25) is 0 Å². The molecule has 0 saturated heterocycles. The maximum atomic E-state index is 4.65. The summed E-state index contributed by atoms with van der Waals surface area (Å²) in [4.78, 5) is 4.65. The summed E-state index contributed by atoms with van der Waals surface area (Å²) in [5.74, 6) is 0. The summed E-state index contributed by atoms with van der Waals surface area (Å²) in [5, 5.41) is 1.18. The van der Waals surface area contributed by atoms with E-state index in [1.165, 1.54) is 5.39 Å². The van der Waals surface area contributed by atoms with Crippen LogP contribution in [-0.2, 0) is 0 Å². The third-order valence-corrected chi connectivity index (χ3v) is 2.67.